The quantitative estimate of drug-likeness (QED) is 0.801. The Morgan fingerprint density at radius 1 is 1.50 bits per heavy atom. The van der Waals surface area contributed by atoms with E-state index in [1.807, 2.05) is 19.9 Å². The molecule has 2 rings (SSSR count). The predicted molar refractivity (Wildman–Crippen MR) is 63.8 cm³/mol. The third-order valence-corrected chi connectivity index (χ3v) is 3.12. The van der Waals surface area contributed by atoms with Crippen molar-refractivity contribution < 1.29 is 9.84 Å². The lowest BCUT2D eigenvalue weighted by atomic mass is 9.97. The minimum atomic E-state index is 0.125. The molecular formula is C13H19NO2. The van der Waals surface area contributed by atoms with Crippen molar-refractivity contribution in [2.45, 2.75) is 26.4 Å². The van der Waals surface area contributed by atoms with Crippen LogP contribution >= 0.6 is 0 Å². The van der Waals surface area contributed by atoms with Crippen LogP contribution in [-0.2, 0) is 11.2 Å². The molecular weight excluding hydrogens is 202 g/mol. The summed E-state index contributed by atoms with van der Waals surface area (Å²) in [5.41, 5.74) is 3.29. The Hall–Kier alpha value is -1.06. The molecule has 0 amide bonds. The maximum atomic E-state index is 9.76. The molecule has 0 spiro atoms. The van der Waals surface area contributed by atoms with Gasteiger partial charge in [-0.05, 0) is 42.2 Å². The molecule has 1 heterocycles. The number of phenols is 1. The summed E-state index contributed by atoms with van der Waals surface area (Å²) in [6, 6.07) is 3.91. The van der Waals surface area contributed by atoms with Crippen molar-refractivity contribution >= 4 is 0 Å². The highest BCUT2D eigenvalue weighted by Gasteiger charge is 2.18. The number of aryl methyl sites for hydroxylation is 2. The summed E-state index contributed by atoms with van der Waals surface area (Å²) in [6.45, 7) is 6.61. The van der Waals surface area contributed by atoms with Gasteiger partial charge in [-0.3, -0.25) is 0 Å². The van der Waals surface area contributed by atoms with Crippen molar-refractivity contribution in [2.24, 2.45) is 0 Å². The van der Waals surface area contributed by atoms with Crippen LogP contribution in [0.2, 0.25) is 0 Å². The molecule has 1 aromatic carbocycles. The van der Waals surface area contributed by atoms with Gasteiger partial charge in [0.2, 0.25) is 0 Å². The van der Waals surface area contributed by atoms with E-state index in [0.717, 1.165) is 37.2 Å². The van der Waals surface area contributed by atoms with E-state index >= 15 is 0 Å². The fraction of sp³-hybridized carbons (Fsp3) is 0.538. The molecule has 1 saturated heterocycles. The monoisotopic (exact) mass is 221 g/mol. The van der Waals surface area contributed by atoms with Gasteiger partial charge < -0.3 is 15.2 Å². The lowest BCUT2D eigenvalue weighted by molar-refractivity contribution is 0.0272. The average Bonchev–Trinajstić information content (AvgIpc) is 2.30. The van der Waals surface area contributed by atoms with Crippen molar-refractivity contribution in [3.63, 3.8) is 0 Å². The van der Waals surface area contributed by atoms with Crippen molar-refractivity contribution in [2.75, 3.05) is 19.7 Å². The summed E-state index contributed by atoms with van der Waals surface area (Å²) >= 11 is 0. The van der Waals surface area contributed by atoms with E-state index in [0.29, 0.717) is 5.75 Å². The van der Waals surface area contributed by atoms with Gasteiger partial charge in [0.25, 0.3) is 0 Å². The SMILES string of the molecule is CCc1cc(C2CNCCO2)c(C)cc1O. The second-order valence-corrected chi connectivity index (χ2v) is 4.25. The molecule has 2 N–H and O–H groups in total. The van der Waals surface area contributed by atoms with E-state index in [-0.39, 0.29) is 6.10 Å². The van der Waals surface area contributed by atoms with Gasteiger partial charge in [-0.15, -0.1) is 0 Å². The Kier molecular flexibility index (Phi) is 3.46. The van der Waals surface area contributed by atoms with Crippen LogP contribution < -0.4 is 5.32 Å². The molecule has 1 atom stereocenters. The second kappa shape index (κ2) is 4.85. The Labute approximate surface area is 96.4 Å². The normalized spacial score (nSPS) is 21.0. The lowest BCUT2D eigenvalue weighted by Crippen LogP contribution is -2.33. The van der Waals surface area contributed by atoms with Crippen LogP contribution in [0.5, 0.6) is 5.75 Å². The van der Waals surface area contributed by atoms with Crippen LogP contribution in [0.1, 0.15) is 29.7 Å². The predicted octanol–water partition coefficient (Wildman–Crippen LogP) is 1.92. The summed E-state index contributed by atoms with van der Waals surface area (Å²) in [5.74, 6) is 0.396. The highest BCUT2D eigenvalue weighted by Crippen LogP contribution is 2.29. The van der Waals surface area contributed by atoms with E-state index < -0.39 is 0 Å². The molecule has 0 aromatic heterocycles. The number of benzene rings is 1. The van der Waals surface area contributed by atoms with Gasteiger partial charge in [-0.2, -0.15) is 0 Å². The van der Waals surface area contributed by atoms with Crippen LogP contribution in [0.25, 0.3) is 0 Å². The van der Waals surface area contributed by atoms with Gasteiger partial charge in [0, 0.05) is 13.1 Å². The van der Waals surface area contributed by atoms with Crippen molar-refractivity contribution in [1.82, 2.24) is 5.32 Å². The number of aromatic hydroxyl groups is 1. The molecule has 0 bridgehead atoms. The molecule has 1 aliphatic rings. The third-order valence-electron chi connectivity index (χ3n) is 3.12. The van der Waals surface area contributed by atoms with Crippen LogP contribution in [0.3, 0.4) is 0 Å². The van der Waals surface area contributed by atoms with Gasteiger partial charge in [0.1, 0.15) is 5.75 Å². The Morgan fingerprint density at radius 3 is 2.94 bits per heavy atom. The largest absolute Gasteiger partial charge is 0.508 e. The van der Waals surface area contributed by atoms with Crippen molar-refractivity contribution in [1.29, 1.82) is 0 Å². The molecule has 3 heteroatoms. The maximum Gasteiger partial charge on any atom is 0.119 e. The van der Waals surface area contributed by atoms with Crippen LogP contribution in [0.4, 0.5) is 0 Å². The molecule has 0 saturated carbocycles. The van der Waals surface area contributed by atoms with E-state index in [4.69, 9.17) is 4.74 Å². The number of nitrogens with one attached hydrogen (secondary N) is 1. The van der Waals surface area contributed by atoms with E-state index in [1.54, 1.807) is 0 Å². The first-order chi connectivity index (χ1) is 7.72. The third kappa shape index (κ3) is 2.20. The van der Waals surface area contributed by atoms with Gasteiger partial charge in [-0.25, -0.2) is 0 Å². The van der Waals surface area contributed by atoms with Gasteiger partial charge >= 0.3 is 0 Å². The first kappa shape index (κ1) is 11.4. The molecule has 1 unspecified atom stereocenters. The number of hydrogen-bond acceptors (Lipinski definition) is 3. The zero-order valence-electron chi connectivity index (χ0n) is 9.92. The first-order valence-corrected chi connectivity index (χ1v) is 5.87. The Morgan fingerprint density at radius 2 is 2.31 bits per heavy atom. The molecule has 0 aliphatic carbocycles. The second-order valence-electron chi connectivity index (χ2n) is 4.25. The van der Waals surface area contributed by atoms with Crippen LogP contribution in [0.15, 0.2) is 12.1 Å². The fourth-order valence-electron chi connectivity index (χ4n) is 2.15. The van der Waals surface area contributed by atoms with E-state index in [2.05, 4.69) is 11.4 Å². The molecule has 88 valence electrons. The number of ether oxygens (including phenoxy) is 1. The van der Waals surface area contributed by atoms with E-state index in [1.165, 1.54) is 5.56 Å². The van der Waals surface area contributed by atoms with Crippen molar-refractivity contribution in [3.8, 4) is 5.75 Å². The van der Waals surface area contributed by atoms with Gasteiger partial charge in [0.05, 0.1) is 12.7 Å². The number of phenolic OH excluding ortho intramolecular Hbond substituents is 1. The molecule has 0 radical (unpaired) electrons. The summed E-state index contributed by atoms with van der Waals surface area (Å²) in [7, 11) is 0. The summed E-state index contributed by atoms with van der Waals surface area (Å²) in [5, 5.41) is 13.1. The molecule has 3 nitrogen and oxygen atoms in total. The summed E-state index contributed by atoms with van der Waals surface area (Å²) in [4.78, 5) is 0. The van der Waals surface area contributed by atoms with E-state index in [9.17, 15) is 5.11 Å². The number of morpholine rings is 1. The minimum Gasteiger partial charge on any atom is -0.508 e. The maximum absolute atomic E-state index is 9.76. The lowest BCUT2D eigenvalue weighted by Gasteiger charge is -2.26. The zero-order valence-corrected chi connectivity index (χ0v) is 9.92. The summed E-state index contributed by atoms with van der Waals surface area (Å²) in [6.07, 6.45) is 0.971. The summed E-state index contributed by atoms with van der Waals surface area (Å²) < 4.78 is 5.74. The van der Waals surface area contributed by atoms with Crippen LogP contribution in [0, 0.1) is 6.92 Å². The highest BCUT2D eigenvalue weighted by molar-refractivity contribution is 5.42. The standard InChI is InChI=1S/C13H19NO2/c1-3-10-7-11(9(2)6-12(10)15)13-8-14-4-5-16-13/h6-7,13-15H,3-5,8H2,1-2H3. The fourth-order valence-corrected chi connectivity index (χ4v) is 2.15. The van der Waals surface area contributed by atoms with Crippen molar-refractivity contribution in [3.05, 3.63) is 28.8 Å². The number of rotatable bonds is 2. The molecule has 16 heavy (non-hydrogen) atoms. The van der Waals surface area contributed by atoms with Crippen LogP contribution in [-0.4, -0.2) is 24.8 Å². The average molecular weight is 221 g/mol. The number of hydrogen-bond donors (Lipinski definition) is 2. The van der Waals surface area contributed by atoms with Gasteiger partial charge in [-0.1, -0.05) is 6.92 Å². The smallest absolute Gasteiger partial charge is 0.119 e. The Balaban J connectivity index is 2.31. The van der Waals surface area contributed by atoms with Gasteiger partial charge in [0.15, 0.2) is 0 Å². The Bertz CT molecular complexity index is 370. The minimum absolute atomic E-state index is 0.125. The zero-order chi connectivity index (χ0) is 11.5. The first-order valence-electron chi connectivity index (χ1n) is 5.87. The molecule has 1 aliphatic heterocycles. The molecule has 1 fully saturated rings. The highest BCUT2D eigenvalue weighted by atomic mass is 16.5. The molecule has 1 aromatic rings. The topological polar surface area (TPSA) is 41.5 Å².